The summed E-state index contributed by atoms with van der Waals surface area (Å²) >= 11 is 0. The van der Waals surface area contributed by atoms with Gasteiger partial charge in [0.1, 0.15) is 10.7 Å². The smallest absolute Gasteiger partial charge is 0.244 e. The van der Waals surface area contributed by atoms with E-state index in [0.29, 0.717) is 11.7 Å². The molecule has 1 fully saturated rings. The molecule has 0 bridgehead atoms. The second-order valence-electron chi connectivity index (χ2n) is 6.40. The lowest BCUT2D eigenvalue weighted by atomic mass is 9.95. The average Bonchev–Trinajstić information content (AvgIpc) is 3.08. The number of aromatic amines is 1. The van der Waals surface area contributed by atoms with Crippen molar-refractivity contribution in [1.82, 2.24) is 19.9 Å². The SMILES string of the molecule is CC(C)NS(=O)(=O)c1cccnc1N1CCCC(c2ccn[nH]2)C1. The molecule has 1 atom stereocenters. The Morgan fingerprint density at radius 2 is 2.17 bits per heavy atom. The minimum atomic E-state index is -3.59. The van der Waals surface area contributed by atoms with Crippen LogP contribution in [0.5, 0.6) is 0 Å². The van der Waals surface area contributed by atoms with Gasteiger partial charge < -0.3 is 4.90 Å². The topological polar surface area (TPSA) is 91.0 Å². The van der Waals surface area contributed by atoms with Crippen molar-refractivity contribution in [3.05, 3.63) is 36.3 Å². The van der Waals surface area contributed by atoms with E-state index in [2.05, 4.69) is 24.8 Å². The quantitative estimate of drug-likeness (QED) is 0.860. The van der Waals surface area contributed by atoms with E-state index in [9.17, 15) is 8.42 Å². The second kappa shape index (κ2) is 6.90. The van der Waals surface area contributed by atoms with Gasteiger partial charge in [0.15, 0.2) is 0 Å². The summed E-state index contributed by atoms with van der Waals surface area (Å²) in [5.74, 6) is 0.826. The molecule has 0 spiro atoms. The Balaban J connectivity index is 1.89. The first-order valence-corrected chi connectivity index (χ1v) is 9.67. The second-order valence-corrected chi connectivity index (χ2v) is 8.08. The minimum absolute atomic E-state index is 0.165. The highest BCUT2D eigenvalue weighted by Gasteiger charge is 2.28. The van der Waals surface area contributed by atoms with E-state index in [1.54, 1.807) is 24.5 Å². The van der Waals surface area contributed by atoms with Crippen molar-refractivity contribution in [2.45, 2.75) is 43.5 Å². The maximum Gasteiger partial charge on any atom is 0.244 e. The summed E-state index contributed by atoms with van der Waals surface area (Å²) in [6.45, 7) is 5.14. The summed E-state index contributed by atoms with van der Waals surface area (Å²) < 4.78 is 27.9. The number of hydrogen-bond acceptors (Lipinski definition) is 5. The number of nitrogens with zero attached hydrogens (tertiary/aromatic N) is 3. The van der Waals surface area contributed by atoms with Crippen LogP contribution in [-0.4, -0.2) is 42.7 Å². The van der Waals surface area contributed by atoms with Crippen LogP contribution < -0.4 is 9.62 Å². The van der Waals surface area contributed by atoms with E-state index in [4.69, 9.17) is 0 Å². The number of anilines is 1. The predicted octanol–water partition coefficient (Wildman–Crippen LogP) is 1.88. The highest BCUT2D eigenvalue weighted by Crippen LogP contribution is 2.31. The fourth-order valence-corrected chi connectivity index (χ4v) is 4.55. The molecule has 1 aliphatic heterocycles. The normalized spacial score (nSPS) is 19.0. The Bertz CT molecular complexity index is 774. The first-order chi connectivity index (χ1) is 11.5. The Labute approximate surface area is 142 Å². The van der Waals surface area contributed by atoms with Gasteiger partial charge in [-0.2, -0.15) is 5.10 Å². The van der Waals surface area contributed by atoms with Crippen LogP contribution in [-0.2, 0) is 10.0 Å². The summed E-state index contributed by atoms with van der Waals surface area (Å²) in [5, 5.41) is 7.04. The Morgan fingerprint density at radius 3 is 2.88 bits per heavy atom. The summed E-state index contributed by atoms with van der Waals surface area (Å²) in [5.41, 5.74) is 1.08. The highest BCUT2D eigenvalue weighted by atomic mass is 32.2. The van der Waals surface area contributed by atoms with Crippen LogP contribution in [0.4, 0.5) is 5.82 Å². The van der Waals surface area contributed by atoms with Crippen LogP contribution >= 0.6 is 0 Å². The van der Waals surface area contributed by atoms with Gasteiger partial charge >= 0.3 is 0 Å². The Hall–Kier alpha value is -1.93. The molecule has 2 N–H and O–H groups in total. The number of nitrogens with one attached hydrogen (secondary N) is 2. The molecule has 3 heterocycles. The maximum absolute atomic E-state index is 12.6. The number of sulfonamides is 1. The molecule has 1 aliphatic rings. The lowest BCUT2D eigenvalue weighted by Gasteiger charge is -2.34. The van der Waals surface area contributed by atoms with E-state index >= 15 is 0 Å². The van der Waals surface area contributed by atoms with Crippen LogP contribution in [0.25, 0.3) is 0 Å². The number of pyridine rings is 1. The van der Waals surface area contributed by atoms with Gasteiger partial charge in [-0.15, -0.1) is 0 Å². The third-order valence-electron chi connectivity index (χ3n) is 4.11. The molecular weight excluding hydrogens is 326 g/mol. The lowest BCUT2D eigenvalue weighted by molar-refractivity contribution is 0.495. The molecule has 1 unspecified atom stereocenters. The molecule has 24 heavy (non-hydrogen) atoms. The monoisotopic (exact) mass is 349 g/mol. The van der Waals surface area contributed by atoms with Crippen LogP contribution in [0.1, 0.15) is 38.3 Å². The summed E-state index contributed by atoms with van der Waals surface area (Å²) in [7, 11) is -3.59. The molecule has 7 nitrogen and oxygen atoms in total. The first kappa shape index (κ1) is 16.9. The zero-order chi connectivity index (χ0) is 17.2. The number of rotatable bonds is 5. The summed E-state index contributed by atoms with van der Waals surface area (Å²) in [6, 6.07) is 5.09. The van der Waals surface area contributed by atoms with Crippen molar-refractivity contribution in [2.75, 3.05) is 18.0 Å². The van der Waals surface area contributed by atoms with Crippen molar-refractivity contribution >= 4 is 15.8 Å². The standard InChI is InChI=1S/C16H23N5O2S/c1-12(2)20-24(22,23)15-6-3-8-17-16(15)21-10-4-5-13(11-21)14-7-9-18-19-14/h3,6-9,12-13,20H,4-5,10-11H2,1-2H3,(H,18,19). The molecule has 2 aromatic rings. The lowest BCUT2D eigenvalue weighted by Crippen LogP contribution is -2.37. The van der Waals surface area contributed by atoms with E-state index in [0.717, 1.165) is 31.6 Å². The molecule has 3 rings (SSSR count). The van der Waals surface area contributed by atoms with Gasteiger partial charge in [-0.1, -0.05) is 0 Å². The molecule has 0 radical (unpaired) electrons. The number of piperidine rings is 1. The van der Waals surface area contributed by atoms with Gasteiger partial charge in [0.2, 0.25) is 10.0 Å². The van der Waals surface area contributed by atoms with E-state index < -0.39 is 10.0 Å². The Kier molecular flexibility index (Phi) is 4.86. The molecule has 1 saturated heterocycles. The van der Waals surface area contributed by atoms with E-state index in [1.807, 2.05) is 19.9 Å². The highest BCUT2D eigenvalue weighted by molar-refractivity contribution is 7.89. The minimum Gasteiger partial charge on any atom is -0.355 e. The molecule has 130 valence electrons. The van der Waals surface area contributed by atoms with Crippen molar-refractivity contribution in [2.24, 2.45) is 0 Å². The molecule has 8 heteroatoms. The van der Waals surface area contributed by atoms with Crippen LogP contribution in [0, 0.1) is 0 Å². The van der Waals surface area contributed by atoms with Gasteiger partial charge in [-0.25, -0.2) is 18.1 Å². The fraction of sp³-hybridized carbons (Fsp3) is 0.500. The summed E-state index contributed by atoms with van der Waals surface area (Å²) in [4.78, 5) is 6.67. The molecule has 0 amide bonds. The molecule has 0 saturated carbocycles. The van der Waals surface area contributed by atoms with Crippen LogP contribution in [0.15, 0.2) is 35.5 Å². The van der Waals surface area contributed by atoms with Crippen molar-refractivity contribution in [3.63, 3.8) is 0 Å². The number of aromatic nitrogens is 3. The molecule has 0 aliphatic carbocycles. The first-order valence-electron chi connectivity index (χ1n) is 8.19. The van der Waals surface area contributed by atoms with Crippen molar-refractivity contribution < 1.29 is 8.42 Å². The van der Waals surface area contributed by atoms with Gasteiger partial charge in [0.05, 0.1) is 0 Å². The van der Waals surface area contributed by atoms with Crippen molar-refractivity contribution in [1.29, 1.82) is 0 Å². The van der Waals surface area contributed by atoms with Crippen LogP contribution in [0.2, 0.25) is 0 Å². The van der Waals surface area contributed by atoms with Gasteiger partial charge in [0.25, 0.3) is 0 Å². The number of H-pyrrole nitrogens is 1. The van der Waals surface area contributed by atoms with Crippen molar-refractivity contribution in [3.8, 4) is 0 Å². The molecule has 2 aromatic heterocycles. The molecule has 0 aromatic carbocycles. The third-order valence-corrected chi connectivity index (χ3v) is 5.79. The van der Waals surface area contributed by atoms with Gasteiger partial charge in [0, 0.05) is 43.1 Å². The van der Waals surface area contributed by atoms with E-state index in [-0.39, 0.29) is 10.9 Å². The zero-order valence-electron chi connectivity index (χ0n) is 13.9. The van der Waals surface area contributed by atoms with Gasteiger partial charge in [-0.05, 0) is 44.9 Å². The number of hydrogen-bond donors (Lipinski definition) is 2. The maximum atomic E-state index is 12.6. The predicted molar refractivity (Wildman–Crippen MR) is 92.5 cm³/mol. The Morgan fingerprint density at radius 1 is 1.33 bits per heavy atom. The largest absolute Gasteiger partial charge is 0.355 e. The molecular formula is C16H23N5O2S. The van der Waals surface area contributed by atoms with E-state index in [1.165, 1.54) is 0 Å². The third kappa shape index (κ3) is 3.59. The summed E-state index contributed by atoms with van der Waals surface area (Å²) in [6.07, 6.45) is 5.43. The fourth-order valence-electron chi connectivity index (χ4n) is 3.12. The van der Waals surface area contributed by atoms with Crippen LogP contribution in [0.3, 0.4) is 0 Å². The average molecular weight is 349 g/mol. The zero-order valence-corrected chi connectivity index (χ0v) is 14.8. The van der Waals surface area contributed by atoms with Gasteiger partial charge in [-0.3, -0.25) is 5.10 Å².